The lowest BCUT2D eigenvalue weighted by Crippen LogP contribution is -2.44. The van der Waals surface area contributed by atoms with Crippen molar-refractivity contribution < 1.29 is 22.8 Å². The smallest absolute Gasteiger partial charge is 0.352 e. The van der Waals surface area contributed by atoms with E-state index in [1.807, 2.05) is 0 Å². The molecule has 0 saturated carbocycles. The molecule has 1 rings (SSSR count). The lowest BCUT2D eigenvalue weighted by molar-refractivity contribution is -0.138. The van der Waals surface area contributed by atoms with Crippen molar-refractivity contribution in [2.75, 3.05) is 5.32 Å². The lowest BCUT2D eigenvalue weighted by atomic mass is 10.1. The Labute approximate surface area is 113 Å². The van der Waals surface area contributed by atoms with Gasteiger partial charge in [0.2, 0.25) is 5.91 Å². The number of primary amides is 1. The molecule has 3 amide bonds. The highest BCUT2D eigenvalue weighted by atomic mass is 19.4. The summed E-state index contributed by atoms with van der Waals surface area (Å²) in [5.74, 6) is -0.666. The van der Waals surface area contributed by atoms with Gasteiger partial charge in [-0.15, -0.1) is 0 Å². The van der Waals surface area contributed by atoms with Crippen molar-refractivity contribution in [2.45, 2.75) is 26.1 Å². The first-order chi connectivity index (χ1) is 9.11. The molecule has 0 fully saturated rings. The Hall–Kier alpha value is -2.25. The number of amides is 3. The summed E-state index contributed by atoms with van der Waals surface area (Å²) in [4.78, 5) is 22.2. The molecule has 8 heteroatoms. The molecule has 4 N–H and O–H groups in total. The maximum atomic E-state index is 12.7. The zero-order valence-electron chi connectivity index (χ0n) is 10.8. The van der Waals surface area contributed by atoms with Gasteiger partial charge in [0.05, 0.1) is 5.56 Å². The number of rotatable bonds is 3. The standard InChI is InChI=1S/C12H14F3N3O2/c1-6-3-4-8(5-9(6)12(13,14)15)18-10(19)7(2)17-11(16)20/h3-5,7H,1-2H3,(H,18,19)(H3,16,17,20)/t7-/m1/s1. The normalized spacial score (nSPS) is 12.7. The van der Waals surface area contributed by atoms with Gasteiger partial charge >= 0.3 is 12.2 Å². The molecule has 0 bridgehead atoms. The number of urea groups is 1. The number of benzene rings is 1. The minimum Gasteiger partial charge on any atom is -0.352 e. The second-order valence-electron chi connectivity index (χ2n) is 4.25. The van der Waals surface area contributed by atoms with Crippen molar-refractivity contribution >= 4 is 17.6 Å². The van der Waals surface area contributed by atoms with E-state index in [0.717, 1.165) is 6.07 Å². The summed E-state index contributed by atoms with van der Waals surface area (Å²) in [5, 5.41) is 4.40. The minimum atomic E-state index is -4.50. The highest BCUT2D eigenvalue weighted by molar-refractivity contribution is 5.96. The Kier molecular flexibility index (Phi) is 4.59. The molecule has 0 unspecified atom stereocenters. The predicted octanol–water partition coefficient (Wildman–Crippen LogP) is 2.01. The number of aryl methyl sites for hydroxylation is 1. The van der Waals surface area contributed by atoms with Crippen LogP contribution >= 0.6 is 0 Å². The van der Waals surface area contributed by atoms with Crippen molar-refractivity contribution in [3.05, 3.63) is 29.3 Å². The van der Waals surface area contributed by atoms with Crippen LogP contribution in [0.3, 0.4) is 0 Å². The van der Waals surface area contributed by atoms with Gasteiger partial charge in [-0.25, -0.2) is 4.79 Å². The van der Waals surface area contributed by atoms with Crippen molar-refractivity contribution in [3.63, 3.8) is 0 Å². The first kappa shape index (κ1) is 15.8. The number of hydrogen-bond acceptors (Lipinski definition) is 2. The van der Waals surface area contributed by atoms with Crippen molar-refractivity contribution in [2.24, 2.45) is 5.73 Å². The Bertz CT molecular complexity index is 529. The van der Waals surface area contributed by atoms with E-state index in [9.17, 15) is 22.8 Å². The van der Waals surface area contributed by atoms with Crippen LogP contribution in [0.25, 0.3) is 0 Å². The maximum Gasteiger partial charge on any atom is 0.416 e. The minimum absolute atomic E-state index is 0.00829. The molecule has 0 aromatic heterocycles. The van der Waals surface area contributed by atoms with Gasteiger partial charge in [0, 0.05) is 5.69 Å². The van der Waals surface area contributed by atoms with Crippen LogP contribution in [0.15, 0.2) is 18.2 Å². The molecule has 0 aliphatic rings. The van der Waals surface area contributed by atoms with Crippen LogP contribution in [0.5, 0.6) is 0 Å². The van der Waals surface area contributed by atoms with E-state index >= 15 is 0 Å². The Morgan fingerprint density at radius 2 is 1.90 bits per heavy atom. The van der Waals surface area contributed by atoms with E-state index in [0.29, 0.717) is 0 Å². The summed E-state index contributed by atoms with van der Waals surface area (Å²) in [6, 6.07) is 1.59. The third kappa shape index (κ3) is 4.15. The second kappa shape index (κ2) is 5.81. The quantitative estimate of drug-likeness (QED) is 0.795. The highest BCUT2D eigenvalue weighted by Gasteiger charge is 2.32. The molecular weight excluding hydrogens is 275 g/mol. The van der Waals surface area contributed by atoms with Crippen LogP contribution < -0.4 is 16.4 Å². The van der Waals surface area contributed by atoms with E-state index in [4.69, 9.17) is 5.73 Å². The monoisotopic (exact) mass is 289 g/mol. The fourth-order valence-corrected chi connectivity index (χ4v) is 1.53. The van der Waals surface area contributed by atoms with Gasteiger partial charge in [-0.1, -0.05) is 6.07 Å². The van der Waals surface area contributed by atoms with E-state index in [-0.39, 0.29) is 11.3 Å². The summed E-state index contributed by atoms with van der Waals surface area (Å²) in [5.41, 5.74) is 4.07. The number of halogens is 3. The zero-order chi connectivity index (χ0) is 15.5. The lowest BCUT2D eigenvalue weighted by Gasteiger charge is -2.15. The molecule has 0 spiro atoms. The molecule has 0 aliphatic carbocycles. The molecule has 1 aromatic rings. The van der Waals surface area contributed by atoms with Crippen LogP contribution in [0.2, 0.25) is 0 Å². The molecule has 1 aromatic carbocycles. The second-order valence-corrected chi connectivity index (χ2v) is 4.25. The Morgan fingerprint density at radius 3 is 2.40 bits per heavy atom. The van der Waals surface area contributed by atoms with E-state index in [1.165, 1.54) is 26.0 Å². The van der Waals surface area contributed by atoms with E-state index < -0.39 is 29.7 Å². The third-order valence-corrected chi connectivity index (χ3v) is 2.56. The van der Waals surface area contributed by atoms with Crippen molar-refractivity contribution in [1.82, 2.24) is 5.32 Å². The molecule has 0 saturated heterocycles. The van der Waals surface area contributed by atoms with Gasteiger partial charge in [0.1, 0.15) is 6.04 Å². The van der Waals surface area contributed by atoms with Crippen molar-refractivity contribution in [3.8, 4) is 0 Å². The van der Waals surface area contributed by atoms with Crippen LogP contribution in [-0.4, -0.2) is 18.0 Å². The van der Waals surface area contributed by atoms with E-state index in [2.05, 4.69) is 10.6 Å². The first-order valence-corrected chi connectivity index (χ1v) is 5.66. The summed E-state index contributed by atoms with van der Waals surface area (Å²) >= 11 is 0. The SMILES string of the molecule is Cc1ccc(NC(=O)[C@@H](C)NC(N)=O)cc1C(F)(F)F. The molecule has 20 heavy (non-hydrogen) atoms. The summed E-state index contributed by atoms with van der Waals surface area (Å²) in [7, 11) is 0. The number of anilines is 1. The number of carbonyl (C=O) groups excluding carboxylic acids is 2. The Morgan fingerprint density at radius 1 is 1.30 bits per heavy atom. The number of nitrogens with two attached hydrogens (primary N) is 1. The van der Waals surface area contributed by atoms with Crippen LogP contribution in [-0.2, 0) is 11.0 Å². The molecule has 0 heterocycles. The highest BCUT2D eigenvalue weighted by Crippen LogP contribution is 2.33. The zero-order valence-corrected chi connectivity index (χ0v) is 10.8. The third-order valence-electron chi connectivity index (χ3n) is 2.56. The van der Waals surface area contributed by atoms with Gasteiger partial charge in [0.25, 0.3) is 0 Å². The number of hydrogen-bond donors (Lipinski definition) is 3. The fourth-order valence-electron chi connectivity index (χ4n) is 1.53. The van der Waals surface area contributed by atoms with Gasteiger partial charge in [-0.05, 0) is 31.5 Å². The van der Waals surface area contributed by atoms with E-state index in [1.54, 1.807) is 0 Å². The van der Waals surface area contributed by atoms with Crippen LogP contribution in [0.4, 0.5) is 23.7 Å². The summed E-state index contributed by atoms with van der Waals surface area (Å²) in [6.45, 7) is 2.69. The van der Waals surface area contributed by atoms with Gasteiger partial charge in [-0.2, -0.15) is 13.2 Å². The average molecular weight is 289 g/mol. The predicted molar refractivity (Wildman–Crippen MR) is 67.0 cm³/mol. The molecule has 110 valence electrons. The molecular formula is C12H14F3N3O2. The molecule has 0 radical (unpaired) electrons. The summed E-state index contributed by atoms with van der Waals surface area (Å²) in [6.07, 6.45) is -4.50. The number of nitrogens with one attached hydrogen (secondary N) is 2. The first-order valence-electron chi connectivity index (χ1n) is 5.66. The van der Waals surface area contributed by atoms with Gasteiger partial charge in [-0.3, -0.25) is 4.79 Å². The number of carbonyl (C=O) groups is 2. The largest absolute Gasteiger partial charge is 0.416 e. The molecule has 1 atom stereocenters. The van der Waals surface area contributed by atoms with Crippen LogP contribution in [0, 0.1) is 6.92 Å². The maximum absolute atomic E-state index is 12.7. The number of alkyl halides is 3. The topological polar surface area (TPSA) is 84.2 Å². The van der Waals surface area contributed by atoms with Crippen LogP contribution in [0.1, 0.15) is 18.1 Å². The average Bonchev–Trinajstić information content (AvgIpc) is 2.29. The molecule has 0 aliphatic heterocycles. The van der Waals surface area contributed by atoms with Gasteiger partial charge in [0.15, 0.2) is 0 Å². The Balaban J connectivity index is 2.89. The van der Waals surface area contributed by atoms with Gasteiger partial charge < -0.3 is 16.4 Å². The summed E-state index contributed by atoms with van der Waals surface area (Å²) < 4.78 is 38.1. The molecule has 5 nitrogen and oxygen atoms in total. The van der Waals surface area contributed by atoms with Crippen molar-refractivity contribution in [1.29, 1.82) is 0 Å². The fraction of sp³-hybridized carbons (Fsp3) is 0.333.